The van der Waals surface area contributed by atoms with Crippen LogP contribution in [0.2, 0.25) is 0 Å². The summed E-state index contributed by atoms with van der Waals surface area (Å²) in [6.45, 7) is 8.09. The molecular formula is C15H23NO5. The fourth-order valence-corrected chi connectivity index (χ4v) is 3.09. The number of nitrogens with zero attached hydrogens (tertiary/aromatic N) is 1. The summed E-state index contributed by atoms with van der Waals surface area (Å²) in [6.07, 6.45) is 0.249. The highest BCUT2D eigenvalue weighted by molar-refractivity contribution is 5.90. The van der Waals surface area contributed by atoms with E-state index >= 15 is 0 Å². The van der Waals surface area contributed by atoms with Crippen LogP contribution in [0.25, 0.3) is 0 Å². The zero-order valence-electron chi connectivity index (χ0n) is 13.1. The smallest absolute Gasteiger partial charge is 0.410 e. The van der Waals surface area contributed by atoms with E-state index in [-0.39, 0.29) is 18.3 Å². The molecule has 2 aliphatic rings. The Morgan fingerprint density at radius 3 is 2.43 bits per heavy atom. The van der Waals surface area contributed by atoms with Crippen molar-refractivity contribution in [2.24, 2.45) is 11.3 Å². The van der Waals surface area contributed by atoms with E-state index in [0.717, 1.165) is 0 Å². The Balaban J connectivity index is 2.10. The minimum absolute atomic E-state index is 0.135. The predicted octanol–water partition coefficient (Wildman–Crippen LogP) is 1.77. The Labute approximate surface area is 124 Å². The molecule has 0 aromatic heterocycles. The van der Waals surface area contributed by atoms with Crippen molar-refractivity contribution >= 4 is 17.8 Å². The van der Waals surface area contributed by atoms with E-state index in [0.29, 0.717) is 26.0 Å². The van der Waals surface area contributed by atoms with E-state index in [1.807, 2.05) is 0 Å². The number of ketones is 1. The molecule has 0 aromatic carbocycles. The lowest BCUT2D eigenvalue weighted by molar-refractivity contribution is -0.155. The number of rotatable bonds is 2. The minimum Gasteiger partial charge on any atom is -0.466 e. The minimum atomic E-state index is -0.582. The van der Waals surface area contributed by atoms with E-state index in [1.165, 1.54) is 4.90 Å². The van der Waals surface area contributed by atoms with Gasteiger partial charge >= 0.3 is 12.1 Å². The molecule has 1 unspecified atom stereocenters. The largest absolute Gasteiger partial charge is 0.466 e. The molecule has 1 spiro atoms. The lowest BCUT2D eigenvalue weighted by atomic mass is 9.62. The van der Waals surface area contributed by atoms with Gasteiger partial charge in [0.05, 0.1) is 12.5 Å². The van der Waals surface area contributed by atoms with Crippen molar-refractivity contribution in [3.63, 3.8) is 0 Å². The second-order valence-electron chi connectivity index (χ2n) is 6.92. The van der Waals surface area contributed by atoms with Crippen molar-refractivity contribution in [3.8, 4) is 0 Å². The van der Waals surface area contributed by atoms with Gasteiger partial charge in [-0.1, -0.05) is 0 Å². The number of carbonyl (C=O) groups excluding carboxylic acids is 3. The van der Waals surface area contributed by atoms with Gasteiger partial charge in [0.15, 0.2) is 0 Å². The normalized spacial score (nSPS) is 23.9. The maximum Gasteiger partial charge on any atom is 0.410 e. The van der Waals surface area contributed by atoms with Crippen LogP contribution in [0.5, 0.6) is 0 Å². The first-order chi connectivity index (χ1) is 9.67. The van der Waals surface area contributed by atoms with E-state index in [4.69, 9.17) is 9.47 Å². The number of carbonyl (C=O) groups is 3. The Hall–Kier alpha value is -1.59. The van der Waals surface area contributed by atoms with Crippen LogP contribution in [0.15, 0.2) is 0 Å². The van der Waals surface area contributed by atoms with Gasteiger partial charge in [-0.25, -0.2) is 4.79 Å². The fraction of sp³-hybridized carbons (Fsp3) is 0.800. The molecule has 0 bridgehead atoms. The maximum atomic E-state index is 12.2. The monoisotopic (exact) mass is 297 g/mol. The van der Waals surface area contributed by atoms with E-state index < -0.39 is 23.0 Å². The summed E-state index contributed by atoms with van der Waals surface area (Å²) < 4.78 is 10.4. The highest BCUT2D eigenvalue weighted by atomic mass is 16.6. The summed E-state index contributed by atoms with van der Waals surface area (Å²) in [5.41, 5.74) is -1.03. The highest BCUT2D eigenvalue weighted by Gasteiger charge is 2.59. The standard InChI is InChI=1S/C15H23NO5/c1-5-20-12(18)11-8-16(13(19)21-14(2,3)4)9-15(11)6-10(17)7-15/h11H,5-9H2,1-4H3. The van der Waals surface area contributed by atoms with Crippen LogP contribution in [0, 0.1) is 11.3 Å². The van der Waals surface area contributed by atoms with Crippen LogP contribution in [-0.2, 0) is 19.1 Å². The molecule has 0 radical (unpaired) electrons. The van der Waals surface area contributed by atoms with E-state index in [2.05, 4.69) is 0 Å². The third-order valence-corrected chi connectivity index (χ3v) is 3.97. The summed E-state index contributed by atoms with van der Waals surface area (Å²) in [4.78, 5) is 37.2. The van der Waals surface area contributed by atoms with E-state index in [9.17, 15) is 14.4 Å². The summed E-state index contributed by atoms with van der Waals surface area (Å²) in [6, 6.07) is 0. The third-order valence-electron chi connectivity index (χ3n) is 3.97. The Bertz CT molecular complexity index is 457. The molecule has 6 nitrogen and oxygen atoms in total. The molecule has 1 saturated carbocycles. The second kappa shape index (κ2) is 5.31. The Morgan fingerprint density at radius 1 is 1.33 bits per heavy atom. The lowest BCUT2D eigenvalue weighted by Crippen LogP contribution is -2.47. The first kappa shape index (κ1) is 15.8. The number of hydrogen-bond donors (Lipinski definition) is 0. The van der Waals surface area contributed by atoms with Crippen molar-refractivity contribution in [2.45, 2.75) is 46.1 Å². The summed E-state index contributed by atoms with van der Waals surface area (Å²) in [5, 5.41) is 0. The molecular weight excluding hydrogens is 274 g/mol. The molecule has 2 rings (SSSR count). The zero-order chi connectivity index (χ0) is 15.8. The van der Waals surface area contributed by atoms with Crippen molar-refractivity contribution < 1.29 is 23.9 Å². The SMILES string of the molecule is CCOC(=O)C1CN(C(=O)OC(C)(C)C)CC12CC(=O)C2. The number of hydrogen-bond acceptors (Lipinski definition) is 5. The zero-order valence-corrected chi connectivity index (χ0v) is 13.1. The van der Waals surface area contributed by atoms with Gasteiger partial charge in [0, 0.05) is 31.3 Å². The molecule has 21 heavy (non-hydrogen) atoms. The number of ether oxygens (including phenoxy) is 2. The van der Waals surface area contributed by atoms with Gasteiger partial charge in [0.25, 0.3) is 0 Å². The number of esters is 1. The topological polar surface area (TPSA) is 72.9 Å². The molecule has 1 atom stereocenters. The van der Waals surface area contributed by atoms with Crippen molar-refractivity contribution in [1.29, 1.82) is 0 Å². The van der Waals surface area contributed by atoms with Crippen LogP contribution in [-0.4, -0.2) is 48.0 Å². The molecule has 118 valence electrons. The van der Waals surface area contributed by atoms with Crippen LogP contribution < -0.4 is 0 Å². The average Bonchev–Trinajstić information content (AvgIpc) is 2.67. The van der Waals surface area contributed by atoms with Crippen molar-refractivity contribution in [3.05, 3.63) is 0 Å². The predicted molar refractivity (Wildman–Crippen MR) is 74.6 cm³/mol. The average molecular weight is 297 g/mol. The number of Topliss-reactive ketones (excluding diaryl/α,β-unsaturated/α-hetero) is 1. The first-order valence-electron chi connectivity index (χ1n) is 7.33. The van der Waals surface area contributed by atoms with Gasteiger partial charge in [0.1, 0.15) is 11.4 Å². The molecule has 1 aliphatic carbocycles. The van der Waals surface area contributed by atoms with Gasteiger partial charge in [-0.3, -0.25) is 9.59 Å². The highest BCUT2D eigenvalue weighted by Crippen LogP contribution is 2.50. The van der Waals surface area contributed by atoms with E-state index in [1.54, 1.807) is 27.7 Å². The molecule has 2 fully saturated rings. The molecule has 1 heterocycles. The summed E-state index contributed by atoms with van der Waals surface area (Å²) in [5.74, 6) is -0.617. The van der Waals surface area contributed by atoms with Crippen LogP contribution in [0.3, 0.4) is 0 Å². The van der Waals surface area contributed by atoms with Crippen molar-refractivity contribution in [1.82, 2.24) is 4.90 Å². The molecule has 6 heteroatoms. The summed E-state index contributed by atoms with van der Waals surface area (Å²) >= 11 is 0. The van der Waals surface area contributed by atoms with Gasteiger partial charge in [-0.2, -0.15) is 0 Å². The third kappa shape index (κ3) is 3.19. The second-order valence-corrected chi connectivity index (χ2v) is 6.92. The fourth-order valence-electron chi connectivity index (χ4n) is 3.09. The van der Waals surface area contributed by atoms with Gasteiger partial charge < -0.3 is 14.4 Å². The first-order valence-corrected chi connectivity index (χ1v) is 7.33. The van der Waals surface area contributed by atoms with Gasteiger partial charge in [-0.05, 0) is 27.7 Å². The Kier molecular flexibility index (Phi) is 4.00. The molecule has 1 saturated heterocycles. The molecule has 1 amide bonds. The van der Waals surface area contributed by atoms with Gasteiger partial charge in [-0.15, -0.1) is 0 Å². The van der Waals surface area contributed by atoms with Crippen LogP contribution in [0.4, 0.5) is 4.79 Å². The molecule has 0 aromatic rings. The number of likely N-dealkylation sites (tertiary alicyclic amines) is 1. The Morgan fingerprint density at radius 2 is 1.95 bits per heavy atom. The lowest BCUT2D eigenvalue weighted by Gasteiger charge is -2.39. The van der Waals surface area contributed by atoms with Crippen molar-refractivity contribution in [2.75, 3.05) is 19.7 Å². The quantitative estimate of drug-likeness (QED) is 0.726. The maximum absolute atomic E-state index is 12.2. The molecule has 1 aliphatic heterocycles. The van der Waals surface area contributed by atoms with Gasteiger partial charge in [0.2, 0.25) is 0 Å². The number of amides is 1. The molecule has 0 N–H and O–H groups in total. The van der Waals surface area contributed by atoms with Crippen LogP contribution in [0.1, 0.15) is 40.5 Å². The summed E-state index contributed by atoms with van der Waals surface area (Å²) in [7, 11) is 0. The van der Waals surface area contributed by atoms with Crippen LogP contribution >= 0.6 is 0 Å².